The monoisotopic (exact) mass is 341 g/mol. The molecule has 0 radical (unpaired) electrons. The number of nitrogens with zero attached hydrogens (tertiary/aromatic N) is 1. The first-order valence-corrected chi connectivity index (χ1v) is 9.31. The lowest BCUT2D eigenvalue weighted by molar-refractivity contribution is -0.179. The molecule has 0 N–H and O–H groups in total. The number of amides is 1. The van der Waals surface area contributed by atoms with Crippen LogP contribution >= 0.6 is 15.9 Å². The van der Waals surface area contributed by atoms with Crippen molar-refractivity contribution in [1.29, 1.82) is 0 Å². The maximum absolute atomic E-state index is 13.2. The second kappa shape index (κ2) is 4.72. The third kappa shape index (κ3) is 2.24. The van der Waals surface area contributed by atoms with Crippen LogP contribution in [-0.2, 0) is 4.79 Å². The van der Waals surface area contributed by atoms with E-state index < -0.39 is 0 Å². The molecule has 0 spiro atoms. The molecule has 4 rings (SSSR count). The highest BCUT2D eigenvalue weighted by molar-refractivity contribution is 9.09. The van der Waals surface area contributed by atoms with E-state index >= 15 is 0 Å². The molecule has 0 saturated heterocycles. The van der Waals surface area contributed by atoms with Gasteiger partial charge in [-0.3, -0.25) is 4.79 Å². The van der Waals surface area contributed by atoms with Crippen molar-refractivity contribution in [2.75, 3.05) is 18.4 Å². The summed E-state index contributed by atoms with van der Waals surface area (Å²) >= 11 is 3.50. The van der Waals surface area contributed by atoms with Crippen molar-refractivity contribution in [3.05, 3.63) is 0 Å². The molecule has 4 saturated carbocycles. The second-order valence-corrected chi connectivity index (χ2v) is 9.28. The number of carbonyl (C=O) groups is 1. The number of hydrogen-bond acceptors (Lipinski definition) is 1. The van der Waals surface area contributed by atoms with Gasteiger partial charge < -0.3 is 4.90 Å². The van der Waals surface area contributed by atoms with E-state index in [1.807, 2.05) is 0 Å². The summed E-state index contributed by atoms with van der Waals surface area (Å²) in [5, 5.41) is 0.890. The van der Waals surface area contributed by atoms with E-state index in [1.165, 1.54) is 19.3 Å². The number of carbonyl (C=O) groups excluding carboxylic acids is 1. The predicted octanol–water partition coefficient (Wildman–Crippen LogP) is 4.23. The van der Waals surface area contributed by atoms with Gasteiger partial charge in [0.05, 0.1) is 5.41 Å². The van der Waals surface area contributed by atoms with Crippen molar-refractivity contribution in [1.82, 2.24) is 4.90 Å². The fourth-order valence-electron chi connectivity index (χ4n) is 6.53. The van der Waals surface area contributed by atoms with Crippen molar-refractivity contribution in [2.24, 2.45) is 22.2 Å². The summed E-state index contributed by atoms with van der Waals surface area (Å²) in [6.45, 7) is 8.71. The molecule has 0 aromatic heterocycles. The summed E-state index contributed by atoms with van der Waals surface area (Å²) in [7, 11) is 0. The standard InChI is InChI=1S/C17H28BrNO/c1-4-19(6-5-18)14(20)17-9-13-7-15(2,11-17)10-16(3,8-13)12-17/h13H,4-12H2,1-3H3. The Morgan fingerprint density at radius 3 is 2.20 bits per heavy atom. The highest BCUT2D eigenvalue weighted by atomic mass is 79.9. The summed E-state index contributed by atoms with van der Waals surface area (Å²) in [5.41, 5.74) is 0.830. The molecule has 0 aromatic carbocycles. The smallest absolute Gasteiger partial charge is 0.228 e. The quantitative estimate of drug-likeness (QED) is 0.700. The molecule has 0 heterocycles. The second-order valence-electron chi connectivity index (χ2n) is 8.48. The highest BCUT2D eigenvalue weighted by Gasteiger charge is 2.63. The minimum atomic E-state index is -0.0267. The topological polar surface area (TPSA) is 20.3 Å². The van der Waals surface area contributed by atoms with Gasteiger partial charge in [-0.15, -0.1) is 0 Å². The van der Waals surface area contributed by atoms with Crippen molar-refractivity contribution >= 4 is 21.8 Å². The lowest BCUT2D eigenvalue weighted by Gasteiger charge is -2.65. The van der Waals surface area contributed by atoms with Gasteiger partial charge in [0.2, 0.25) is 5.91 Å². The Balaban J connectivity index is 1.90. The van der Waals surface area contributed by atoms with Crippen LogP contribution in [0.4, 0.5) is 0 Å². The molecule has 3 heteroatoms. The van der Waals surface area contributed by atoms with Gasteiger partial charge in [-0.25, -0.2) is 0 Å². The van der Waals surface area contributed by atoms with Gasteiger partial charge in [0, 0.05) is 18.4 Å². The van der Waals surface area contributed by atoms with Crippen LogP contribution in [-0.4, -0.2) is 29.2 Å². The van der Waals surface area contributed by atoms with Crippen LogP contribution < -0.4 is 0 Å². The molecule has 0 aliphatic heterocycles. The first kappa shape index (κ1) is 14.9. The van der Waals surface area contributed by atoms with E-state index in [-0.39, 0.29) is 5.41 Å². The zero-order valence-electron chi connectivity index (χ0n) is 13.2. The van der Waals surface area contributed by atoms with Gasteiger partial charge in [0.15, 0.2) is 0 Å². The van der Waals surface area contributed by atoms with Gasteiger partial charge in [0.1, 0.15) is 0 Å². The van der Waals surface area contributed by atoms with Crippen LogP contribution in [0.2, 0.25) is 0 Å². The molecule has 4 fully saturated rings. The Morgan fingerprint density at radius 1 is 1.15 bits per heavy atom. The predicted molar refractivity (Wildman–Crippen MR) is 85.9 cm³/mol. The summed E-state index contributed by atoms with van der Waals surface area (Å²) in [4.78, 5) is 15.3. The molecule has 2 unspecified atom stereocenters. The zero-order valence-corrected chi connectivity index (χ0v) is 14.8. The minimum absolute atomic E-state index is 0.0267. The van der Waals surface area contributed by atoms with E-state index in [1.54, 1.807) is 0 Å². The van der Waals surface area contributed by atoms with Gasteiger partial charge in [-0.1, -0.05) is 29.8 Å². The molecule has 2 atom stereocenters. The molecule has 1 amide bonds. The zero-order chi connectivity index (χ0) is 14.6. The van der Waals surface area contributed by atoms with Gasteiger partial charge in [-0.2, -0.15) is 0 Å². The normalized spacial score (nSPS) is 45.7. The summed E-state index contributed by atoms with van der Waals surface area (Å²) < 4.78 is 0. The molecule has 0 aromatic rings. The summed E-state index contributed by atoms with van der Waals surface area (Å²) in [6, 6.07) is 0. The van der Waals surface area contributed by atoms with Gasteiger partial charge in [0.25, 0.3) is 0 Å². The van der Waals surface area contributed by atoms with Crippen LogP contribution in [0.1, 0.15) is 59.3 Å². The molecule has 20 heavy (non-hydrogen) atoms. The van der Waals surface area contributed by atoms with Crippen LogP contribution in [0.15, 0.2) is 0 Å². The van der Waals surface area contributed by atoms with E-state index in [2.05, 4.69) is 41.6 Å². The minimum Gasteiger partial charge on any atom is -0.342 e. The number of rotatable bonds is 4. The Hall–Kier alpha value is -0.0500. The fourth-order valence-corrected chi connectivity index (χ4v) is 6.95. The highest BCUT2D eigenvalue weighted by Crippen LogP contribution is 2.69. The van der Waals surface area contributed by atoms with Crippen LogP contribution in [0.3, 0.4) is 0 Å². The molecule has 114 valence electrons. The molecule has 2 nitrogen and oxygen atoms in total. The molecule has 4 bridgehead atoms. The fraction of sp³-hybridized carbons (Fsp3) is 0.941. The number of hydrogen-bond donors (Lipinski definition) is 0. The average Bonchev–Trinajstić information content (AvgIpc) is 2.30. The van der Waals surface area contributed by atoms with E-state index in [0.29, 0.717) is 16.7 Å². The molecular weight excluding hydrogens is 314 g/mol. The number of halogens is 1. The molecule has 4 aliphatic rings. The van der Waals surface area contributed by atoms with Crippen LogP contribution in [0, 0.1) is 22.2 Å². The lowest BCUT2D eigenvalue weighted by Crippen LogP contribution is -2.60. The maximum Gasteiger partial charge on any atom is 0.228 e. The van der Waals surface area contributed by atoms with Crippen molar-refractivity contribution in [2.45, 2.75) is 59.3 Å². The van der Waals surface area contributed by atoms with Gasteiger partial charge in [-0.05, 0) is 62.2 Å². The van der Waals surface area contributed by atoms with E-state index in [9.17, 15) is 4.79 Å². The third-order valence-electron chi connectivity index (χ3n) is 6.10. The SMILES string of the molecule is CCN(CCBr)C(=O)C12CC3CC(C)(CC(C)(C3)C1)C2. The van der Waals surface area contributed by atoms with Crippen LogP contribution in [0.25, 0.3) is 0 Å². The molecule has 4 aliphatic carbocycles. The summed E-state index contributed by atoms with van der Waals surface area (Å²) in [6.07, 6.45) is 7.52. The van der Waals surface area contributed by atoms with Crippen LogP contribution in [0.5, 0.6) is 0 Å². The van der Waals surface area contributed by atoms with Crippen molar-refractivity contribution in [3.8, 4) is 0 Å². The maximum atomic E-state index is 13.2. The Morgan fingerprint density at radius 2 is 1.75 bits per heavy atom. The number of alkyl halides is 1. The Bertz CT molecular complexity index is 403. The lowest BCUT2D eigenvalue weighted by atomic mass is 9.40. The molecular formula is C17H28BrNO. The Labute approximate surface area is 131 Å². The Kier molecular flexibility index (Phi) is 3.51. The third-order valence-corrected chi connectivity index (χ3v) is 6.46. The van der Waals surface area contributed by atoms with Crippen molar-refractivity contribution in [3.63, 3.8) is 0 Å². The van der Waals surface area contributed by atoms with Gasteiger partial charge >= 0.3 is 0 Å². The first-order chi connectivity index (χ1) is 9.34. The first-order valence-electron chi connectivity index (χ1n) is 8.19. The van der Waals surface area contributed by atoms with E-state index in [0.717, 1.165) is 43.6 Å². The van der Waals surface area contributed by atoms with Crippen molar-refractivity contribution < 1.29 is 4.79 Å². The largest absolute Gasteiger partial charge is 0.342 e. The summed E-state index contributed by atoms with van der Waals surface area (Å²) in [5.74, 6) is 1.26. The van der Waals surface area contributed by atoms with E-state index in [4.69, 9.17) is 0 Å². The average molecular weight is 342 g/mol.